The molecule has 0 spiro atoms. The fourth-order valence-electron chi connectivity index (χ4n) is 6.22. The molecule has 1 aromatic carbocycles. The van der Waals surface area contributed by atoms with Crippen LogP contribution in [0.3, 0.4) is 0 Å². The van der Waals surface area contributed by atoms with Gasteiger partial charge in [-0.2, -0.15) is 0 Å². The Morgan fingerprint density at radius 1 is 0.738 bits per heavy atom. The van der Waals surface area contributed by atoms with Crippen LogP contribution in [0.1, 0.15) is 64.6 Å². The molecule has 2 heterocycles. The predicted octanol–water partition coefficient (Wildman–Crippen LogP) is -2.53. The molecule has 3 rings (SSSR count). The van der Waals surface area contributed by atoms with Crippen LogP contribution >= 0.6 is 0 Å². The molecule has 6 atom stereocenters. The molecule has 0 bridgehead atoms. The van der Waals surface area contributed by atoms with Crippen molar-refractivity contribution in [2.75, 3.05) is 6.54 Å². The summed E-state index contributed by atoms with van der Waals surface area (Å²) < 4.78 is 0. The number of nitrogens with two attached hydrogens (primary N) is 3. The van der Waals surface area contributed by atoms with Crippen LogP contribution in [-0.2, 0) is 56.0 Å². The van der Waals surface area contributed by atoms with Crippen LogP contribution in [0.4, 0.5) is 0 Å². The van der Waals surface area contributed by atoms with Gasteiger partial charge in [-0.25, -0.2) is 9.78 Å². The smallest absolute Gasteiger partial charge is 0.326 e. The quantitative estimate of drug-likeness (QED) is 0.0420. The third kappa shape index (κ3) is 15.7. The zero-order chi connectivity index (χ0) is 45.4. The number of para-hydroxylation sites is 1. The number of nitrogens with one attached hydrogen (secondary N) is 8. The van der Waals surface area contributed by atoms with Gasteiger partial charge in [-0.1, -0.05) is 45.9 Å². The van der Waals surface area contributed by atoms with Gasteiger partial charge in [0.25, 0.3) is 0 Å². The molecule has 0 radical (unpaired) electrons. The molecule has 2 aromatic heterocycles. The van der Waals surface area contributed by atoms with E-state index >= 15 is 0 Å². The molecule has 0 aliphatic heterocycles. The second kappa shape index (κ2) is 23.1. The average Bonchev–Trinajstić information content (AvgIpc) is 3.86. The Morgan fingerprint density at radius 2 is 1.36 bits per heavy atom. The molecule has 0 unspecified atom stereocenters. The number of fused-ring (bicyclic) bond motifs is 1. The van der Waals surface area contributed by atoms with E-state index in [1.165, 1.54) is 12.5 Å². The van der Waals surface area contributed by atoms with Crippen molar-refractivity contribution >= 4 is 64.1 Å². The van der Waals surface area contributed by atoms with Crippen LogP contribution in [0.15, 0.2) is 43.0 Å². The molecule has 0 saturated carbocycles. The topological polar surface area (TPSA) is 369 Å². The first kappa shape index (κ1) is 48.5. The number of aliphatic carboxylic acids is 1. The maximum atomic E-state index is 13.8. The van der Waals surface area contributed by atoms with Crippen LogP contribution in [0.5, 0.6) is 0 Å². The van der Waals surface area contributed by atoms with Crippen LogP contribution in [0.2, 0.25) is 0 Å². The number of carboxylic acid groups (broad SMARTS) is 1. The fourth-order valence-corrected chi connectivity index (χ4v) is 6.22. The average molecular weight is 853 g/mol. The summed E-state index contributed by atoms with van der Waals surface area (Å²) in [5, 5.41) is 25.5. The van der Waals surface area contributed by atoms with Crippen LogP contribution in [0.25, 0.3) is 10.9 Å². The summed E-state index contributed by atoms with van der Waals surface area (Å²) in [6.45, 7) is 6.21. The van der Waals surface area contributed by atoms with Crippen molar-refractivity contribution in [3.05, 3.63) is 54.2 Å². The van der Waals surface area contributed by atoms with E-state index in [9.17, 15) is 48.3 Å². The first-order chi connectivity index (χ1) is 28.7. The van der Waals surface area contributed by atoms with Crippen molar-refractivity contribution in [3.8, 4) is 0 Å². The number of benzene rings is 1. The number of nitrogens with zero attached hydrogens (tertiary/aromatic N) is 1. The molecule has 0 fully saturated rings. The number of aromatic nitrogens is 3. The Morgan fingerprint density at radius 3 is 1.97 bits per heavy atom. The molecule has 22 heteroatoms. The van der Waals surface area contributed by atoms with Gasteiger partial charge >= 0.3 is 5.97 Å². The molecule has 22 nitrogen and oxygen atoms in total. The van der Waals surface area contributed by atoms with Crippen LogP contribution in [-0.4, -0.2) is 116 Å². The van der Waals surface area contributed by atoms with E-state index in [1.54, 1.807) is 33.9 Å². The number of aromatic amines is 2. The number of primary amides is 2. The summed E-state index contributed by atoms with van der Waals surface area (Å²) in [6.07, 6.45) is 3.26. The molecule has 332 valence electrons. The molecule has 8 amide bonds. The van der Waals surface area contributed by atoms with Crippen molar-refractivity contribution in [2.45, 2.75) is 102 Å². The highest BCUT2D eigenvalue weighted by atomic mass is 16.4. The summed E-state index contributed by atoms with van der Waals surface area (Å²) in [5.74, 6) is -8.63. The lowest BCUT2D eigenvalue weighted by Gasteiger charge is -2.27. The minimum absolute atomic E-state index is 0.0278. The van der Waals surface area contributed by atoms with Gasteiger partial charge in [-0.05, 0) is 36.3 Å². The Hall–Kier alpha value is -6.84. The van der Waals surface area contributed by atoms with Gasteiger partial charge in [0, 0.05) is 48.3 Å². The fraction of sp³-hybridized carbons (Fsp3) is 0.487. The maximum absolute atomic E-state index is 13.8. The number of amides is 8. The molecular weight excluding hydrogens is 797 g/mol. The molecule has 0 saturated heterocycles. The zero-order valence-electron chi connectivity index (χ0n) is 34.4. The van der Waals surface area contributed by atoms with E-state index in [4.69, 9.17) is 17.2 Å². The molecule has 0 aliphatic rings. The van der Waals surface area contributed by atoms with Crippen molar-refractivity contribution in [1.82, 2.24) is 46.9 Å². The maximum Gasteiger partial charge on any atom is 0.326 e. The standard InChI is InChI=1S/C39H56N12O10/c1-19(2)11-29(39(60)61)50-36(57)26(12-21-15-44-25-8-6-5-7-23(21)25)49-38(59)33(20(3)4)51-32(54)17-45-35(56)27(13-22-16-43-18-46-22)48-37(58)28(14-31(42)53)47-34(55)24(40)9-10-30(41)52/h5-8,15-16,18-20,24,26-29,33,44H,9-14,17,40H2,1-4H3,(H2,41,52)(H2,42,53)(H,43,46)(H,45,56)(H,47,55)(H,48,58)(H,49,59)(H,50,57)(H,51,54)(H,60,61)/t24-,26-,27-,28-,29-,33-/m0/s1. The molecular formula is C39H56N12O10. The SMILES string of the molecule is CC(C)C[C@H](NC(=O)[C@H](Cc1c[nH]c2ccccc12)NC(=O)[C@@H](NC(=O)CNC(=O)[C@H](Cc1cnc[nH]1)NC(=O)[C@H](CC(N)=O)NC(=O)[C@@H](N)CCC(N)=O)C(C)C)C(=O)O. The van der Waals surface area contributed by atoms with E-state index in [1.807, 2.05) is 24.3 Å². The number of hydrogen-bond donors (Lipinski definition) is 12. The summed E-state index contributed by atoms with van der Waals surface area (Å²) in [4.78, 5) is 125. The van der Waals surface area contributed by atoms with E-state index in [0.29, 0.717) is 11.3 Å². The lowest BCUT2D eigenvalue weighted by atomic mass is 9.99. The van der Waals surface area contributed by atoms with Crippen molar-refractivity contribution in [3.63, 3.8) is 0 Å². The van der Waals surface area contributed by atoms with Crippen molar-refractivity contribution in [2.24, 2.45) is 29.0 Å². The highest BCUT2D eigenvalue weighted by Gasteiger charge is 2.33. The summed E-state index contributed by atoms with van der Waals surface area (Å²) in [7, 11) is 0. The van der Waals surface area contributed by atoms with Crippen LogP contribution < -0.4 is 49.1 Å². The van der Waals surface area contributed by atoms with Gasteiger partial charge in [0.15, 0.2) is 0 Å². The van der Waals surface area contributed by atoms with Gasteiger partial charge in [-0.15, -0.1) is 0 Å². The summed E-state index contributed by atoms with van der Waals surface area (Å²) in [5.41, 5.74) is 18.1. The number of carbonyl (C=O) groups excluding carboxylic acids is 8. The second-order valence-corrected chi connectivity index (χ2v) is 15.3. The number of carboxylic acids is 1. The third-order valence-corrected chi connectivity index (χ3v) is 9.43. The van der Waals surface area contributed by atoms with Crippen molar-refractivity contribution < 1.29 is 48.3 Å². The lowest BCUT2D eigenvalue weighted by Crippen LogP contribution is -2.59. The van der Waals surface area contributed by atoms with Crippen molar-refractivity contribution in [1.29, 1.82) is 0 Å². The van der Waals surface area contributed by atoms with Crippen LogP contribution in [0, 0.1) is 11.8 Å². The number of rotatable bonds is 25. The van der Waals surface area contributed by atoms with Gasteiger partial charge in [0.2, 0.25) is 47.3 Å². The zero-order valence-corrected chi connectivity index (χ0v) is 34.4. The molecule has 3 aromatic rings. The molecule has 0 aliphatic carbocycles. The van der Waals surface area contributed by atoms with E-state index in [2.05, 4.69) is 46.9 Å². The first-order valence-corrected chi connectivity index (χ1v) is 19.6. The first-order valence-electron chi connectivity index (χ1n) is 19.6. The second-order valence-electron chi connectivity index (χ2n) is 15.3. The Bertz CT molecular complexity index is 2030. The molecule has 61 heavy (non-hydrogen) atoms. The van der Waals surface area contributed by atoms with E-state index < -0.39 is 108 Å². The largest absolute Gasteiger partial charge is 0.480 e. The third-order valence-electron chi connectivity index (χ3n) is 9.43. The summed E-state index contributed by atoms with van der Waals surface area (Å²) in [6, 6.07) is -0.687. The van der Waals surface area contributed by atoms with E-state index in [-0.39, 0.29) is 38.0 Å². The predicted molar refractivity (Wildman–Crippen MR) is 219 cm³/mol. The number of carbonyl (C=O) groups is 9. The van der Waals surface area contributed by atoms with Gasteiger partial charge in [0.05, 0.1) is 25.3 Å². The highest BCUT2D eigenvalue weighted by molar-refractivity contribution is 5.97. The number of imidazole rings is 1. The lowest BCUT2D eigenvalue weighted by molar-refractivity contribution is -0.142. The highest BCUT2D eigenvalue weighted by Crippen LogP contribution is 2.20. The number of H-pyrrole nitrogens is 2. The van der Waals surface area contributed by atoms with Gasteiger partial charge in [0.1, 0.15) is 30.2 Å². The van der Waals surface area contributed by atoms with E-state index in [0.717, 1.165) is 10.9 Å². The Kier molecular flexibility index (Phi) is 18.4. The minimum atomic E-state index is -1.58. The van der Waals surface area contributed by atoms with Gasteiger partial charge < -0.3 is 64.2 Å². The molecule has 15 N–H and O–H groups in total. The number of hydrogen-bond acceptors (Lipinski definition) is 11. The van der Waals surface area contributed by atoms with Gasteiger partial charge in [-0.3, -0.25) is 38.4 Å². The monoisotopic (exact) mass is 852 g/mol. The Labute approximate surface area is 351 Å². The summed E-state index contributed by atoms with van der Waals surface area (Å²) >= 11 is 0. The minimum Gasteiger partial charge on any atom is -0.480 e. The Balaban J connectivity index is 1.75. The normalized spacial score (nSPS) is 14.1.